The summed E-state index contributed by atoms with van der Waals surface area (Å²) in [6, 6.07) is 16.7. The van der Waals surface area contributed by atoms with Crippen LogP contribution in [0.25, 0.3) is 11.3 Å². The molecule has 4 aromatic rings. The Morgan fingerprint density at radius 1 is 0.962 bits per heavy atom. The monoisotopic (exact) mass is 357 g/mol. The molecule has 1 aliphatic heterocycles. The van der Waals surface area contributed by atoms with Gasteiger partial charge in [-0.1, -0.05) is 48.2 Å². The summed E-state index contributed by atoms with van der Waals surface area (Å²) >= 11 is 1.64. The average molecular weight is 357 g/mol. The first-order valence-corrected chi connectivity index (χ1v) is 9.13. The van der Waals surface area contributed by atoms with Gasteiger partial charge in [-0.2, -0.15) is 0 Å². The second kappa shape index (κ2) is 6.31. The van der Waals surface area contributed by atoms with E-state index in [1.807, 2.05) is 24.5 Å². The number of hydrogen-bond acceptors (Lipinski definition) is 5. The molecular formula is C20H15N5S. The van der Waals surface area contributed by atoms with E-state index in [1.165, 1.54) is 5.56 Å². The third-order valence-corrected chi connectivity index (χ3v) is 5.30. The van der Waals surface area contributed by atoms with Crippen LogP contribution in [-0.4, -0.2) is 19.5 Å². The zero-order chi connectivity index (χ0) is 17.3. The van der Waals surface area contributed by atoms with Crippen molar-refractivity contribution in [2.45, 2.75) is 16.5 Å². The predicted octanol–water partition coefficient (Wildman–Crippen LogP) is 4.60. The van der Waals surface area contributed by atoms with E-state index in [0.29, 0.717) is 0 Å². The fourth-order valence-electron chi connectivity index (χ4n) is 2.99. The summed E-state index contributed by atoms with van der Waals surface area (Å²) in [7, 11) is 0. The zero-order valence-electron chi connectivity index (χ0n) is 13.8. The first kappa shape index (κ1) is 15.2. The predicted molar refractivity (Wildman–Crippen MR) is 103 cm³/mol. The van der Waals surface area contributed by atoms with Gasteiger partial charge >= 0.3 is 0 Å². The lowest BCUT2D eigenvalue weighted by atomic mass is 10.2. The quantitative estimate of drug-likeness (QED) is 0.511. The molecule has 1 N–H and O–H groups in total. The normalized spacial score (nSPS) is 12.2. The molecule has 3 heterocycles. The van der Waals surface area contributed by atoms with E-state index in [0.717, 1.165) is 39.2 Å². The number of hydrogen-bond donors (Lipinski definition) is 1. The molecule has 0 atom stereocenters. The van der Waals surface area contributed by atoms with Crippen LogP contribution in [0.3, 0.4) is 0 Å². The van der Waals surface area contributed by atoms with Gasteiger partial charge in [0.05, 0.1) is 17.7 Å². The Morgan fingerprint density at radius 3 is 2.77 bits per heavy atom. The molecular weight excluding hydrogens is 342 g/mol. The minimum Gasteiger partial charge on any atom is -0.337 e. The topological polar surface area (TPSA) is 55.6 Å². The van der Waals surface area contributed by atoms with Gasteiger partial charge in [0.15, 0.2) is 5.82 Å². The largest absolute Gasteiger partial charge is 0.337 e. The summed E-state index contributed by atoms with van der Waals surface area (Å²) in [5, 5.41) is 4.29. The maximum absolute atomic E-state index is 4.52. The highest BCUT2D eigenvalue weighted by molar-refractivity contribution is 7.99. The van der Waals surface area contributed by atoms with E-state index in [4.69, 9.17) is 0 Å². The molecule has 6 heteroatoms. The van der Waals surface area contributed by atoms with E-state index < -0.39 is 0 Å². The fourth-order valence-corrected chi connectivity index (χ4v) is 3.87. The van der Waals surface area contributed by atoms with Crippen LogP contribution in [-0.2, 0) is 6.54 Å². The first-order chi connectivity index (χ1) is 12.8. The van der Waals surface area contributed by atoms with Crippen molar-refractivity contribution in [2.75, 3.05) is 5.32 Å². The Bertz CT molecular complexity index is 1070. The van der Waals surface area contributed by atoms with Crippen LogP contribution >= 0.6 is 11.8 Å². The Balaban J connectivity index is 1.39. The Hall–Kier alpha value is -3.12. The second-order valence-corrected chi connectivity index (χ2v) is 7.10. The first-order valence-electron chi connectivity index (χ1n) is 8.31. The van der Waals surface area contributed by atoms with Gasteiger partial charge in [0, 0.05) is 35.6 Å². The van der Waals surface area contributed by atoms with E-state index in [9.17, 15) is 0 Å². The Labute approximate surface area is 155 Å². The molecule has 0 spiro atoms. The zero-order valence-corrected chi connectivity index (χ0v) is 14.6. The number of anilines is 2. The third kappa shape index (κ3) is 2.84. The number of nitrogens with zero attached hydrogens (tertiary/aromatic N) is 4. The summed E-state index contributed by atoms with van der Waals surface area (Å²) in [6.07, 6.45) is 7.39. The van der Waals surface area contributed by atoms with E-state index >= 15 is 0 Å². The van der Waals surface area contributed by atoms with Crippen LogP contribution in [0, 0.1) is 0 Å². The minimum atomic E-state index is 0.771. The van der Waals surface area contributed by atoms with Gasteiger partial charge in [0.2, 0.25) is 0 Å². The molecule has 1 aliphatic rings. The van der Waals surface area contributed by atoms with Crippen molar-refractivity contribution in [2.24, 2.45) is 0 Å². The summed E-state index contributed by atoms with van der Waals surface area (Å²) in [4.78, 5) is 14.4. The van der Waals surface area contributed by atoms with Gasteiger partial charge in [0.25, 0.3) is 0 Å². The van der Waals surface area contributed by atoms with Crippen molar-refractivity contribution < 1.29 is 0 Å². The lowest BCUT2D eigenvalue weighted by molar-refractivity contribution is 0.797. The van der Waals surface area contributed by atoms with Gasteiger partial charge in [-0.3, -0.25) is 0 Å². The molecule has 2 aromatic heterocycles. The molecule has 0 bridgehead atoms. The lowest BCUT2D eigenvalue weighted by Crippen LogP contribution is -2.05. The van der Waals surface area contributed by atoms with Crippen LogP contribution < -0.4 is 5.32 Å². The molecule has 5 rings (SSSR count). The second-order valence-electron chi connectivity index (χ2n) is 6.06. The highest BCUT2D eigenvalue weighted by Gasteiger charge is 2.17. The summed E-state index contributed by atoms with van der Waals surface area (Å²) in [5.74, 6) is 0.816. The molecule has 0 unspecified atom stereocenters. The van der Waals surface area contributed by atoms with Crippen LogP contribution in [0.5, 0.6) is 0 Å². The van der Waals surface area contributed by atoms with Crippen molar-refractivity contribution >= 4 is 23.3 Å². The van der Waals surface area contributed by atoms with Crippen molar-refractivity contribution in [3.8, 4) is 11.3 Å². The standard InChI is InChI=1S/C20H15N5S/c1-2-4-15(5-3-1)17-12-25(13-23-17)11-14-6-7-18-16(10-14)24-19-20(26-18)22-9-8-21-19/h1-10,12-13H,11H2,(H,21,24). The van der Waals surface area contributed by atoms with Gasteiger partial charge in [-0.05, 0) is 17.7 Å². The summed E-state index contributed by atoms with van der Waals surface area (Å²) in [6.45, 7) is 0.771. The number of benzene rings is 2. The number of imidazole rings is 1. The fraction of sp³-hybridized carbons (Fsp3) is 0.0500. The highest BCUT2D eigenvalue weighted by Crippen LogP contribution is 2.42. The van der Waals surface area contributed by atoms with E-state index in [1.54, 1.807) is 24.2 Å². The molecule has 26 heavy (non-hydrogen) atoms. The molecule has 2 aromatic carbocycles. The number of fused-ring (bicyclic) bond motifs is 2. The molecule has 0 fully saturated rings. The number of rotatable bonds is 3. The van der Waals surface area contributed by atoms with Gasteiger partial charge in [-0.15, -0.1) is 0 Å². The molecule has 5 nitrogen and oxygen atoms in total. The van der Waals surface area contributed by atoms with Crippen molar-refractivity contribution in [3.63, 3.8) is 0 Å². The van der Waals surface area contributed by atoms with Crippen molar-refractivity contribution in [1.29, 1.82) is 0 Å². The number of nitrogens with one attached hydrogen (secondary N) is 1. The van der Waals surface area contributed by atoms with Gasteiger partial charge in [0.1, 0.15) is 5.03 Å². The minimum absolute atomic E-state index is 0.771. The average Bonchev–Trinajstić information content (AvgIpc) is 3.15. The summed E-state index contributed by atoms with van der Waals surface area (Å²) in [5.41, 5.74) is 4.40. The van der Waals surface area contributed by atoms with Gasteiger partial charge in [-0.25, -0.2) is 15.0 Å². The molecule has 126 valence electrons. The highest BCUT2D eigenvalue weighted by atomic mass is 32.2. The van der Waals surface area contributed by atoms with E-state index in [2.05, 4.69) is 61.4 Å². The van der Waals surface area contributed by atoms with Crippen LogP contribution in [0.2, 0.25) is 0 Å². The SMILES string of the molecule is c1ccc(-c2cn(Cc3ccc4c(c3)Nc3nccnc3S4)cn2)cc1. The van der Waals surface area contributed by atoms with Crippen LogP contribution in [0.15, 0.2) is 83.4 Å². The van der Waals surface area contributed by atoms with E-state index in [-0.39, 0.29) is 0 Å². The molecule has 0 saturated heterocycles. The smallest absolute Gasteiger partial charge is 0.163 e. The Morgan fingerprint density at radius 2 is 1.85 bits per heavy atom. The maximum Gasteiger partial charge on any atom is 0.163 e. The molecule has 0 saturated carbocycles. The molecule has 0 amide bonds. The number of aromatic nitrogens is 4. The third-order valence-electron chi connectivity index (χ3n) is 4.24. The Kier molecular flexibility index (Phi) is 3.68. The van der Waals surface area contributed by atoms with Crippen molar-refractivity contribution in [3.05, 3.63) is 79.0 Å². The maximum atomic E-state index is 4.52. The molecule has 0 radical (unpaired) electrons. The summed E-state index contributed by atoms with van der Waals surface area (Å²) < 4.78 is 2.10. The van der Waals surface area contributed by atoms with Crippen molar-refractivity contribution in [1.82, 2.24) is 19.5 Å². The van der Waals surface area contributed by atoms with Crippen LogP contribution in [0.1, 0.15) is 5.56 Å². The molecule has 0 aliphatic carbocycles. The lowest BCUT2D eigenvalue weighted by Gasteiger charge is -2.19. The van der Waals surface area contributed by atoms with Gasteiger partial charge < -0.3 is 9.88 Å². The van der Waals surface area contributed by atoms with Crippen LogP contribution in [0.4, 0.5) is 11.5 Å².